The van der Waals surface area contributed by atoms with Crippen LogP contribution in [0.5, 0.6) is 11.5 Å². The van der Waals surface area contributed by atoms with Crippen LogP contribution >= 0.6 is 0 Å². The van der Waals surface area contributed by atoms with E-state index in [-0.39, 0.29) is 17.8 Å². The first-order valence-electron chi connectivity index (χ1n) is 6.76. The summed E-state index contributed by atoms with van der Waals surface area (Å²) in [6, 6.07) is 14.5. The second-order valence-corrected chi connectivity index (χ2v) is 4.90. The summed E-state index contributed by atoms with van der Waals surface area (Å²) >= 11 is 0. The van der Waals surface area contributed by atoms with Crippen LogP contribution in [0.4, 0.5) is 4.79 Å². The smallest absolute Gasteiger partial charge is 0.315 e. The molecule has 5 heteroatoms. The lowest BCUT2D eigenvalue weighted by atomic mass is 10.1. The van der Waals surface area contributed by atoms with Crippen molar-refractivity contribution in [1.29, 1.82) is 0 Å². The highest BCUT2D eigenvalue weighted by atomic mass is 16.5. The molecule has 21 heavy (non-hydrogen) atoms. The number of carbonyl (C=O) groups excluding carboxylic acids is 1. The van der Waals surface area contributed by atoms with Crippen LogP contribution in [-0.4, -0.2) is 17.7 Å². The molecule has 108 valence electrons. The number of carbonyl (C=O) groups is 1. The number of amides is 2. The molecule has 3 rings (SSSR count). The summed E-state index contributed by atoms with van der Waals surface area (Å²) in [4.78, 5) is 11.1. The summed E-state index contributed by atoms with van der Waals surface area (Å²) in [5, 5.41) is 15.5. The van der Waals surface area contributed by atoms with E-state index in [1.54, 1.807) is 18.2 Å². The highest BCUT2D eigenvalue weighted by Crippen LogP contribution is 2.29. The molecule has 1 aliphatic heterocycles. The molecule has 0 aliphatic carbocycles. The SMILES string of the molecule is O=C1NC[C@@H](c2ccc(OCc3ccccc3)cc2O)N1. The van der Waals surface area contributed by atoms with Crippen LogP contribution in [0.1, 0.15) is 17.2 Å². The van der Waals surface area contributed by atoms with Gasteiger partial charge in [0.15, 0.2) is 0 Å². The zero-order valence-corrected chi connectivity index (χ0v) is 11.4. The Morgan fingerprint density at radius 3 is 2.67 bits per heavy atom. The molecule has 1 fully saturated rings. The molecule has 1 atom stereocenters. The summed E-state index contributed by atoms with van der Waals surface area (Å²) < 4.78 is 5.65. The van der Waals surface area contributed by atoms with Crippen molar-refractivity contribution in [3.8, 4) is 11.5 Å². The van der Waals surface area contributed by atoms with Crippen LogP contribution < -0.4 is 15.4 Å². The van der Waals surface area contributed by atoms with Gasteiger partial charge < -0.3 is 20.5 Å². The third-order valence-electron chi connectivity index (χ3n) is 3.40. The number of phenolic OH excluding ortho intramolecular Hbond substituents is 1. The molecule has 0 spiro atoms. The molecular weight excluding hydrogens is 268 g/mol. The minimum absolute atomic E-state index is 0.120. The number of urea groups is 1. The molecule has 1 saturated heterocycles. The molecule has 2 aromatic carbocycles. The lowest BCUT2D eigenvalue weighted by molar-refractivity contribution is 0.247. The van der Waals surface area contributed by atoms with Crippen LogP contribution in [-0.2, 0) is 6.61 Å². The van der Waals surface area contributed by atoms with Gasteiger partial charge in [0, 0.05) is 18.2 Å². The van der Waals surface area contributed by atoms with Gasteiger partial charge in [-0.1, -0.05) is 30.3 Å². The Balaban J connectivity index is 1.68. The average molecular weight is 284 g/mol. The van der Waals surface area contributed by atoms with E-state index in [2.05, 4.69) is 10.6 Å². The maximum absolute atomic E-state index is 11.1. The maximum Gasteiger partial charge on any atom is 0.315 e. The fourth-order valence-corrected chi connectivity index (χ4v) is 2.29. The van der Waals surface area contributed by atoms with Crippen molar-refractivity contribution in [3.63, 3.8) is 0 Å². The molecule has 3 N–H and O–H groups in total. The Hall–Kier alpha value is -2.69. The average Bonchev–Trinajstić information content (AvgIpc) is 2.92. The summed E-state index contributed by atoms with van der Waals surface area (Å²) in [6.45, 7) is 0.915. The molecule has 5 nitrogen and oxygen atoms in total. The van der Waals surface area contributed by atoms with E-state index in [1.807, 2.05) is 30.3 Å². The van der Waals surface area contributed by atoms with Gasteiger partial charge in [0.05, 0.1) is 6.04 Å². The molecule has 2 amide bonds. The number of nitrogens with one attached hydrogen (secondary N) is 2. The van der Waals surface area contributed by atoms with Gasteiger partial charge in [0.25, 0.3) is 0 Å². The standard InChI is InChI=1S/C16H16N2O3/c19-15-8-12(21-10-11-4-2-1-3-5-11)6-7-13(15)14-9-17-16(20)18-14/h1-8,14,19H,9-10H2,(H2,17,18,20)/t14-/m0/s1. The van der Waals surface area contributed by atoms with E-state index in [0.717, 1.165) is 5.56 Å². The highest BCUT2D eigenvalue weighted by molar-refractivity contribution is 5.77. The molecule has 1 aliphatic rings. The second kappa shape index (κ2) is 5.75. The van der Waals surface area contributed by atoms with Crippen molar-refractivity contribution in [2.75, 3.05) is 6.54 Å². The first-order chi connectivity index (χ1) is 10.2. The monoisotopic (exact) mass is 284 g/mol. The van der Waals surface area contributed by atoms with Crippen LogP contribution in [0, 0.1) is 0 Å². The first-order valence-corrected chi connectivity index (χ1v) is 6.76. The van der Waals surface area contributed by atoms with Gasteiger partial charge in [-0.15, -0.1) is 0 Å². The van der Waals surface area contributed by atoms with Crippen molar-refractivity contribution < 1.29 is 14.6 Å². The van der Waals surface area contributed by atoms with Gasteiger partial charge in [-0.05, 0) is 17.7 Å². The van der Waals surface area contributed by atoms with E-state index < -0.39 is 0 Å². The fraction of sp³-hybridized carbons (Fsp3) is 0.188. The molecule has 0 bridgehead atoms. The first kappa shape index (κ1) is 13.3. The Morgan fingerprint density at radius 2 is 2.00 bits per heavy atom. The van der Waals surface area contributed by atoms with Gasteiger partial charge in [0.2, 0.25) is 0 Å². The van der Waals surface area contributed by atoms with Gasteiger partial charge in [-0.3, -0.25) is 0 Å². The minimum Gasteiger partial charge on any atom is -0.507 e. The summed E-state index contributed by atoms with van der Waals surface area (Å²) in [7, 11) is 0. The van der Waals surface area contributed by atoms with Gasteiger partial charge in [-0.25, -0.2) is 4.79 Å². The zero-order chi connectivity index (χ0) is 14.7. The summed E-state index contributed by atoms with van der Waals surface area (Å²) in [6.07, 6.45) is 0. The minimum atomic E-state index is -0.219. The largest absolute Gasteiger partial charge is 0.507 e. The van der Waals surface area contributed by atoms with Crippen molar-refractivity contribution in [1.82, 2.24) is 10.6 Å². The van der Waals surface area contributed by atoms with Gasteiger partial charge in [-0.2, -0.15) is 0 Å². The molecule has 0 radical (unpaired) electrons. The fourth-order valence-electron chi connectivity index (χ4n) is 2.29. The number of rotatable bonds is 4. The van der Waals surface area contributed by atoms with E-state index in [4.69, 9.17) is 4.74 Å². The second-order valence-electron chi connectivity index (χ2n) is 4.90. The number of phenols is 1. The molecule has 0 aromatic heterocycles. The number of benzene rings is 2. The number of hydrogen-bond acceptors (Lipinski definition) is 3. The van der Waals surface area contributed by atoms with E-state index in [9.17, 15) is 9.90 Å². The molecular formula is C16H16N2O3. The Labute approximate surface area is 122 Å². The lowest BCUT2D eigenvalue weighted by Gasteiger charge is -2.13. The summed E-state index contributed by atoms with van der Waals surface area (Å²) in [5.74, 6) is 0.715. The topological polar surface area (TPSA) is 70.6 Å². The quantitative estimate of drug-likeness (QED) is 0.807. The summed E-state index contributed by atoms with van der Waals surface area (Å²) in [5.41, 5.74) is 1.74. The Bertz CT molecular complexity index is 643. The number of ether oxygens (including phenoxy) is 1. The van der Waals surface area contributed by atoms with Gasteiger partial charge >= 0.3 is 6.03 Å². The molecule has 1 heterocycles. The van der Waals surface area contributed by atoms with E-state index >= 15 is 0 Å². The van der Waals surface area contributed by atoms with Crippen LogP contribution in [0.15, 0.2) is 48.5 Å². The number of hydrogen-bond donors (Lipinski definition) is 3. The molecule has 0 unspecified atom stereocenters. The highest BCUT2D eigenvalue weighted by Gasteiger charge is 2.24. The molecule has 2 aromatic rings. The predicted molar refractivity (Wildman–Crippen MR) is 78.2 cm³/mol. The predicted octanol–water partition coefficient (Wildman–Crippen LogP) is 2.33. The van der Waals surface area contributed by atoms with Gasteiger partial charge in [0.1, 0.15) is 18.1 Å². The van der Waals surface area contributed by atoms with E-state index in [1.165, 1.54) is 0 Å². The third kappa shape index (κ3) is 3.08. The Morgan fingerprint density at radius 1 is 1.19 bits per heavy atom. The van der Waals surface area contributed by atoms with Crippen LogP contribution in [0.2, 0.25) is 0 Å². The van der Waals surface area contributed by atoms with Crippen LogP contribution in [0.25, 0.3) is 0 Å². The number of aromatic hydroxyl groups is 1. The van der Waals surface area contributed by atoms with Crippen molar-refractivity contribution in [3.05, 3.63) is 59.7 Å². The normalized spacial score (nSPS) is 17.1. The van der Waals surface area contributed by atoms with Crippen molar-refractivity contribution in [2.24, 2.45) is 0 Å². The zero-order valence-electron chi connectivity index (χ0n) is 11.4. The van der Waals surface area contributed by atoms with E-state index in [0.29, 0.717) is 24.5 Å². The molecule has 0 saturated carbocycles. The van der Waals surface area contributed by atoms with Crippen LogP contribution in [0.3, 0.4) is 0 Å². The third-order valence-corrected chi connectivity index (χ3v) is 3.40. The van der Waals surface area contributed by atoms with Crippen molar-refractivity contribution >= 4 is 6.03 Å². The Kier molecular flexibility index (Phi) is 3.64. The lowest BCUT2D eigenvalue weighted by Crippen LogP contribution is -2.21. The maximum atomic E-state index is 11.1. The van der Waals surface area contributed by atoms with Crippen molar-refractivity contribution in [2.45, 2.75) is 12.6 Å².